The number of carbonyl (C=O) groups is 2. The number of amides is 2. The van der Waals surface area contributed by atoms with Gasteiger partial charge in [0.15, 0.2) is 0 Å². The molecule has 3 aliphatic heterocycles. The van der Waals surface area contributed by atoms with Crippen LogP contribution in [0, 0.1) is 5.92 Å². The van der Waals surface area contributed by atoms with E-state index >= 15 is 0 Å². The molecule has 2 amide bonds. The normalized spacial score (nSPS) is 23.1. The molecule has 1 N–H and O–H groups in total. The number of benzene rings is 2. The first-order valence-corrected chi connectivity index (χ1v) is 19.4. The third-order valence-corrected chi connectivity index (χ3v) is 13.1. The molecule has 3 aromatic rings. The molecule has 0 spiro atoms. The zero-order valence-corrected chi connectivity index (χ0v) is 29.6. The summed E-state index contributed by atoms with van der Waals surface area (Å²) < 4.78 is 36.3. The molecular formula is C38H47N5O5S. The summed E-state index contributed by atoms with van der Waals surface area (Å²) in [7, 11) is 0.471. The van der Waals surface area contributed by atoms with Crippen LogP contribution in [0.15, 0.2) is 42.0 Å². The molecule has 0 radical (unpaired) electrons. The molecule has 0 bridgehead atoms. The van der Waals surface area contributed by atoms with Crippen LogP contribution in [-0.2, 0) is 21.5 Å². The van der Waals surface area contributed by atoms with Gasteiger partial charge in [0.25, 0.3) is 11.8 Å². The van der Waals surface area contributed by atoms with Gasteiger partial charge in [0.1, 0.15) is 5.75 Å². The first kappa shape index (κ1) is 32.5. The highest BCUT2D eigenvalue weighted by atomic mass is 32.2. The molecule has 1 aromatic heterocycles. The van der Waals surface area contributed by atoms with E-state index in [0.29, 0.717) is 24.4 Å². The highest BCUT2D eigenvalue weighted by Gasteiger charge is 2.45. The largest absolute Gasteiger partial charge is 0.497 e. The molecule has 4 fully saturated rings. The smallest absolute Gasteiger partial charge is 0.303 e. The second-order valence-electron chi connectivity index (χ2n) is 14.9. The zero-order chi connectivity index (χ0) is 34.0. The molecule has 8 rings (SSSR count). The van der Waals surface area contributed by atoms with E-state index in [-0.39, 0.29) is 17.5 Å². The molecule has 2 atom stereocenters. The fourth-order valence-electron chi connectivity index (χ4n) is 8.97. The predicted molar refractivity (Wildman–Crippen MR) is 191 cm³/mol. The number of likely N-dealkylation sites (tertiary alicyclic amines) is 2. The van der Waals surface area contributed by atoms with E-state index in [1.165, 1.54) is 45.3 Å². The summed E-state index contributed by atoms with van der Waals surface area (Å²) in [6, 6.07) is 12.6. The van der Waals surface area contributed by atoms with Crippen LogP contribution in [0.1, 0.15) is 85.2 Å². The van der Waals surface area contributed by atoms with Crippen molar-refractivity contribution in [2.75, 3.05) is 40.8 Å². The van der Waals surface area contributed by atoms with E-state index in [0.717, 1.165) is 95.1 Å². The monoisotopic (exact) mass is 685 g/mol. The Morgan fingerprint density at radius 2 is 1.73 bits per heavy atom. The quantitative estimate of drug-likeness (QED) is 0.358. The maximum atomic E-state index is 14.8. The first-order chi connectivity index (χ1) is 23.6. The van der Waals surface area contributed by atoms with Crippen molar-refractivity contribution < 1.29 is 22.7 Å². The standard InChI is InChI=1S/C38H47N5O5S/c1-40(2)49(46,47)39-37(44)25-11-15-32-33(20-25)43-22-28(38(45)42-17-7-10-26-21-41(23-34(26)42)29-12-13-29)18-27-19-30(48-3)14-16-31(27)36(43)35(32)24-8-5-4-6-9-24/h11,14-16,18-20,24,26,29,34H,4-10,12-13,17,21-23H2,1-3H3,(H,39,44). The first-order valence-electron chi connectivity index (χ1n) is 18.0. The molecule has 5 aliphatic rings. The number of piperidine rings is 1. The third-order valence-electron chi connectivity index (χ3n) is 11.7. The third kappa shape index (κ3) is 5.87. The van der Waals surface area contributed by atoms with Gasteiger partial charge in [0.05, 0.1) is 19.3 Å². The Kier molecular flexibility index (Phi) is 8.35. The summed E-state index contributed by atoms with van der Waals surface area (Å²) in [6.07, 6.45) is 12.5. The fraction of sp³-hybridized carbons (Fsp3) is 0.526. The number of ether oxygens (including phenoxy) is 1. The summed E-state index contributed by atoms with van der Waals surface area (Å²) in [5, 5.41) is 1.05. The van der Waals surface area contributed by atoms with Crippen molar-refractivity contribution in [3.63, 3.8) is 0 Å². The number of rotatable bonds is 7. The lowest BCUT2D eigenvalue weighted by Crippen LogP contribution is -2.49. The molecule has 2 unspecified atom stereocenters. The van der Waals surface area contributed by atoms with E-state index in [1.807, 2.05) is 24.3 Å². The van der Waals surface area contributed by atoms with Crippen molar-refractivity contribution in [3.8, 4) is 17.0 Å². The summed E-state index contributed by atoms with van der Waals surface area (Å²) in [5.41, 5.74) is 6.14. The SMILES string of the molecule is COc1ccc2c(c1)C=C(C(=O)N1CCCC3CN(C4CC4)CC31)Cn1c-2c(C2CCCCC2)c2ccc(C(=O)NS(=O)(=O)N(C)C)cc21. The van der Waals surface area contributed by atoms with Gasteiger partial charge in [-0.2, -0.15) is 12.7 Å². The zero-order valence-electron chi connectivity index (χ0n) is 28.8. The Morgan fingerprint density at radius 3 is 2.47 bits per heavy atom. The van der Waals surface area contributed by atoms with E-state index in [9.17, 15) is 18.0 Å². The van der Waals surface area contributed by atoms with Gasteiger partial charge in [0, 0.05) is 73.4 Å². The molecule has 49 heavy (non-hydrogen) atoms. The van der Waals surface area contributed by atoms with Gasteiger partial charge in [-0.15, -0.1) is 0 Å². The van der Waals surface area contributed by atoms with Gasteiger partial charge in [0.2, 0.25) is 0 Å². The lowest BCUT2D eigenvalue weighted by molar-refractivity contribution is -0.131. The Labute approximate surface area is 289 Å². The molecule has 2 saturated heterocycles. The van der Waals surface area contributed by atoms with Crippen LogP contribution in [0.2, 0.25) is 0 Å². The van der Waals surface area contributed by atoms with Gasteiger partial charge < -0.3 is 14.2 Å². The Balaban J connectivity index is 1.27. The van der Waals surface area contributed by atoms with Crippen molar-refractivity contribution >= 4 is 39.0 Å². The van der Waals surface area contributed by atoms with Crippen LogP contribution in [-0.4, -0.2) is 91.8 Å². The number of fused-ring (bicyclic) bond motifs is 6. The summed E-state index contributed by atoms with van der Waals surface area (Å²) in [5.74, 6) is 0.985. The lowest BCUT2D eigenvalue weighted by Gasteiger charge is -2.37. The molecular weight excluding hydrogens is 639 g/mol. The number of carbonyl (C=O) groups excluding carboxylic acids is 2. The minimum absolute atomic E-state index is 0.0843. The summed E-state index contributed by atoms with van der Waals surface area (Å²) in [4.78, 5) is 33.0. The molecule has 260 valence electrons. The number of nitrogens with one attached hydrogen (secondary N) is 1. The summed E-state index contributed by atoms with van der Waals surface area (Å²) in [6.45, 7) is 3.16. The van der Waals surface area contributed by atoms with Crippen LogP contribution in [0.3, 0.4) is 0 Å². The second kappa shape index (κ2) is 12.6. The highest BCUT2D eigenvalue weighted by Crippen LogP contribution is 2.47. The highest BCUT2D eigenvalue weighted by molar-refractivity contribution is 7.87. The van der Waals surface area contributed by atoms with Gasteiger partial charge in [-0.05, 0) is 97.9 Å². The van der Waals surface area contributed by atoms with Gasteiger partial charge in [-0.1, -0.05) is 25.3 Å². The van der Waals surface area contributed by atoms with Crippen molar-refractivity contribution in [3.05, 3.63) is 58.7 Å². The van der Waals surface area contributed by atoms with E-state index < -0.39 is 16.1 Å². The number of nitrogens with zero attached hydrogens (tertiary/aromatic N) is 4. The van der Waals surface area contributed by atoms with E-state index in [1.54, 1.807) is 13.2 Å². The number of hydrogen-bond donors (Lipinski definition) is 1. The van der Waals surface area contributed by atoms with E-state index in [2.05, 4.69) is 31.2 Å². The van der Waals surface area contributed by atoms with Crippen molar-refractivity contribution in [1.29, 1.82) is 0 Å². The molecule has 11 heteroatoms. The Bertz CT molecular complexity index is 1960. The summed E-state index contributed by atoms with van der Waals surface area (Å²) >= 11 is 0. The molecule has 2 aliphatic carbocycles. The number of aromatic nitrogens is 1. The molecule has 2 saturated carbocycles. The van der Waals surface area contributed by atoms with Gasteiger partial charge >= 0.3 is 10.2 Å². The molecule has 2 aromatic carbocycles. The molecule has 10 nitrogen and oxygen atoms in total. The van der Waals surface area contributed by atoms with Gasteiger partial charge in [-0.3, -0.25) is 14.5 Å². The number of methoxy groups -OCH3 is 1. The average molecular weight is 686 g/mol. The van der Waals surface area contributed by atoms with Crippen LogP contribution in [0.25, 0.3) is 28.2 Å². The van der Waals surface area contributed by atoms with Gasteiger partial charge in [-0.25, -0.2) is 4.72 Å². The maximum absolute atomic E-state index is 14.8. The van der Waals surface area contributed by atoms with Crippen LogP contribution in [0.4, 0.5) is 0 Å². The number of hydrogen-bond acceptors (Lipinski definition) is 6. The lowest BCUT2D eigenvalue weighted by atomic mass is 9.81. The predicted octanol–water partition coefficient (Wildman–Crippen LogP) is 5.38. The fourth-order valence-corrected chi connectivity index (χ4v) is 9.50. The maximum Gasteiger partial charge on any atom is 0.303 e. The second-order valence-corrected chi connectivity index (χ2v) is 16.8. The average Bonchev–Trinajstić information content (AvgIpc) is 3.82. The van der Waals surface area contributed by atoms with Crippen LogP contribution < -0.4 is 9.46 Å². The van der Waals surface area contributed by atoms with E-state index in [4.69, 9.17) is 4.74 Å². The van der Waals surface area contributed by atoms with Crippen molar-refractivity contribution in [2.45, 2.75) is 82.3 Å². The minimum atomic E-state index is -3.97. The Hall–Kier alpha value is -3.67. The van der Waals surface area contributed by atoms with Crippen LogP contribution in [0.5, 0.6) is 5.75 Å². The molecule has 4 heterocycles. The van der Waals surface area contributed by atoms with Crippen molar-refractivity contribution in [1.82, 2.24) is 23.4 Å². The minimum Gasteiger partial charge on any atom is -0.497 e. The topological polar surface area (TPSA) is 104 Å². The van der Waals surface area contributed by atoms with Crippen molar-refractivity contribution in [2.24, 2.45) is 5.92 Å². The Morgan fingerprint density at radius 1 is 0.939 bits per heavy atom. The van der Waals surface area contributed by atoms with Crippen LogP contribution >= 0.6 is 0 Å².